The summed E-state index contributed by atoms with van der Waals surface area (Å²) >= 11 is 0. The SMILES string of the molecule is CCOC(=O)C[C@H]1NC(=O)C(Nc2cccc(C(N)=O)c2)c2ccc(c(C)c2)CCOC(=O)Nc2cccc1c2. The van der Waals surface area contributed by atoms with E-state index in [1.54, 1.807) is 55.5 Å². The first-order valence-corrected chi connectivity index (χ1v) is 13.0. The zero-order valence-electron chi connectivity index (χ0n) is 22.4. The summed E-state index contributed by atoms with van der Waals surface area (Å²) in [5, 5.41) is 8.91. The van der Waals surface area contributed by atoms with Crippen LogP contribution < -0.4 is 21.7 Å². The smallest absolute Gasteiger partial charge is 0.411 e. The number of primary amides is 1. The van der Waals surface area contributed by atoms with Gasteiger partial charge >= 0.3 is 12.1 Å². The van der Waals surface area contributed by atoms with Crippen LogP contribution in [0.5, 0.6) is 0 Å². The molecular formula is C30H32N4O6. The number of ether oxygens (including phenoxy) is 2. The van der Waals surface area contributed by atoms with Crippen molar-refractivity contribution in [1.29, 1.82) is 0 Å². The van der Waals surface area contributed by atoms with Crippen LogP contribution in [-0.2, 0) is 25.5 Å². The van der Waals surface area contributed by atoms with E-state index in [0.717, 1.165) is 11.1 Å². The molecule has 3 aromatic carbocycles. The summed E-state index contributed by atoms with van der Waals surface area (Å²) in [6.45, 7) is 3.98. The number of aryl methyl sites for hydroxylation is 1. The summed E-state index contributed by atoms with van der Waals surface area (Å²) in [5.41, 5.74) is 9.85. The minimum Gasteiger partial charge on any atom is -0.466 e. The van der Waals surface area contributed by atoms with Crippen LogP contribution in [0.25, 0.3) is 0 Å². The predicted octanol–water partition coefficient (Wildman–Crippen LogP) is 4.16. The molecule has 5 N–H and O–H groups in total. The third-order valence-electron chi connectivity index (χ3n) is 6.55. The van der Waals surface area contributed by atoms with Crippen molar-refractivity contribution in [2.24, 2.45) is 5.73 Å². The van der Waals surface area contributed by atoms with E-state index >= 15 is 0 Å². The minimum atomic E-state index is -0.882. The number of amides is 3. The van der Waals surface area contributed by atoms with Gasteiger partial charge < -0.3 is 25.8 Å². The molecular weight excluding hydrogens is 512 g/mol. The lowest BCUT2D eigenvalue weighted by Crippen LogP contribution is -2.37. The molecule has 0 aliphatic carbocycles. The number of nitrogens with two attached hydrogens (primary N) is 1. The molecule has 0 saturated heterocycles. The summed E-state index contributed by atoms with van der Waals surface area (Å²) in [6, 6.07) is 17.4. The molecule has 0 radical (unpaired) electrons. The Morgan fingerprint density at radius 3 is 2.60 bits per heavy atom. The number of nitrogens with one attached hydrogen (secondary N) is 3. The quantitative estimate of drug-likeness (QED) is 0.341. The summed E-state index contributed by atoms with van der Waals surface area (Å²) in [4.78, 5) is 50.6. The van der Waals surface area contributed by atoms with Gasteiger partial charge in [0.1, 0.15) is 6.04 Å². The molecule has 2 heterocycles. The number of esters is 1. The molecule has 0 fully saturated rings. The standard InChI is InChI=1S/C30H32N4O6/c1-3-39-26(35)17-25-20-6-4-9-24(15-20)33-30(38)40-13-12-19-10-11-21(14-18(19)2)27(29(37)34-25)32-23-8-5-7-22(16-23)28(31)36/h4-11,14-16,25,27,32H,3,12-13,17H2,1-2H3,(H2,31,36)(H,33,38)(H,34,37)/t25-,27?/m1/s1. The summed E-state index contributed by atoms with van der Waals surface area (Å²) in [7, 11) is 0. The fourth-order valence-corrected chi connectivity index (χ4v) is 4.54. The minimum absolute atomic E-state index is 0.130. The lowest BCUT2D eigenvalue weighted by molar-refractivity contribution is -0.143. The van der Waals surface area contributed by atoms with E-state index in [4.69, 9.17) is 15.2 Å². The maximum absolute atomic E-state index is 13.9. The van der Waals surface area contributed by atoms with Gasteiger partial charge in [0.25, 0.3) is 0 Å². The molecule has 40 heavy (non-hydrogen) atoms. The van der Waals surface area contributed by atoms with Crippen molar-refractivity contribution >= 4 is 35.3 Å². The van der Waals surface area contributed by atoms with Gasteiger partial charge in [0.2, 0.25) is 11.8 Å². The van der Waals surface area contributed by atoms with Crippen LogP contribution in [0, 0.1) is 6.92 Å². The number of hydrogen-bond donors (Lipinski definition) is 4. The molecule has 0 aromatic heterocycles. The second kappa shape index (κ2) is 12.8. The fraction of sp³-hybridized carbons (Fsp3) is 0.267. The van der Waals surface area contributed by atoms with Crippen LogP contribution in [0.3, 0.4) is 0 Å². The molecule has 4 bridgehead atoms. The third kappa shape index (κ3) is 7.16. The van der Waals surface area contributed by atoms with E-state index in [-0.39, 0.29) is 19.6 Å². The van der Waals surface area contributed by atoms with E-state index in [9.17, 15) is 19.2 Å². The Morgan fingerprint density at radius 2 is 1.85 bits per heavy atom. The molecule has 2 aliphatic rings. The van der Waals surface area contributed by atoms with Crippen LogP contribution in [0.1, 0.15) is 58.0 Å². The number of rotatable bonds is 6. The zero-order chi connectivity index (χ0) is 28.6. The summed E-state index contributed by atoms with van der Waals surface area (Å²) in [6.07, 6.45) is -0.242. The average molecular weight is 545 g/mol. The van der Waals surface area contributed by atoms with Crippen molar-refractivity contribution in [3.05, 3.63) is 94.5 Å². The summed E-state index contributed by atoms with van der Waals surface area (Å²) in [5.74, 6) is -1.48. The monoisotopic (exact) mass is 544 g/mol. The molecule has 5 rings (SSSR count). The van der Waals surface area contributed by atoms with Crippen molar-refractivity contribution < 1.29 is 28.7 Å². The summed E-state index contributed by atoms with van der Waals surface area (Å²) < 4.78 is 10.5. The van der Waals surface area contributed by atoms with Gasteiger partial charge in [0.05, 0.1) is 25.7 Å². The number of anilines is 2. The molecule has 0 spiro atoms. The van der Waals surface area contributed by atoms with Crippen molar-refractivity contribution in [3.63, 3.8) is 0 Å². The van der Waals surface area contributed by atoms with Crippen LogP contribution in [-0.4, -0.2) is 37.1 Å². The lowest BCUT2D eigenvalue weighted by atomic mass is 9.96. The number of fused-ring (bicyclic) bond motifs is 9. The Balaban J connectivity index is 1.76. The normalized spacial score (nSPS) is 17.2. The third-order valence-corrected chi connectivity index (χ3v) is 6.55. The first-order valence-electron chi connectivity index (χ1n) is 13.0. The van der Waals surface area contributed by atoms with Gasteiger partial charge in [-0.05, 0) is 66.4 Å². The van der Waals surface area contributed by atoms with Crippen LogP contribution in [0.4, 0.5) is 16.2 Å². The van der Waals surface area contributed by atoms with Crippen LogP contribution in [0.2, 0.25) is 0 Å². The van der Waals surface area contributed by atoms with E-state index < -0.39 is 36.0 Å². The van der Waals surface area contributed by atoms with Gasteiger partial charge in [-0.1, -0.05) is 36.4 Å². The molecule has 1 unspecified atom stereocenters. The fourth-order valence-electron chi connectivity index (χ4n) is 4.54. The van der Waals surface area contributed by atoms with Gasteiger partial charge in [-0.25, -0.2) is 4.79 Å². The van der Waals surface area contributed by atoms with Crippen molar-refractivity contribution in [1.82, 2.24) is 5.32 Å². The number of hydrogen-bond acceptors (Lipinski definition) is 7. The van der Waals surface area contributed by atoms with E-state index in [2.05, 4.69) is 16.0 Å². The topological polar surface area (TPSA) is 149 Å². The molecule has 3 amide bonds. The molecule has 10 nitrogen and oxygen atoms in total. The van der Waals surface area contributed by atoms with Crippen molar-refractivity contribution in [3.8, 4) is 0 Å². The largest absolute Gasteiger partial charge is 0.466 e. The predicted molar refractivity (Wildman–Crippen MR) is 150 cm³/mol. The number of carbonyl (C=O) groups excluding carboxylic acids is 4. The van der Waals surface area contributed by atoms with Gasteiger partial charge in [0, 0.05) is 23.4 Å². The number of benzene rings is 3. The first kappa shape index (κ1) is 28.2. The van der Waals surface area contributed by atoms with Gasteiger partial charge in [-0.15, -0.1) is 0 Å². The van der Waals surface area contributed by atoms with Crippen molar-refractivity contribution in [2.45, 2.75) is 38.8 Å². The molecule has 2 aliphatic heterocycles. The Labute approximate surface area is 232 Å². The molecule has 2 atom stereocenters. The lowest BCUT2D eigenvalue weighted by Gasteiger charge is -2.25. The molecule has 208 valence electrons. The Morgan fingerprint density at radius 1 is 1.05 bits per heavy atom. The Kier molecular flexibility index (Phi) is 9.00. The van der Waals surface area contributed by atoms with Gasteiger partial charge in [-0.3, -0.25) is 19.7 Å². The highest BCUT2D eigenvalue weighted by Crippen LogP contribution is 2.27. The van der Waals surface area contributed by atoms with E-state index in [1.165, 1.54) is 0 Å². The highest BCUT2D eigenvalue weighted by Gasteiger charge is 2.27. The zero-order valence-corrected chi connectivity index (χ0v) is 22.4. The van der Waals surface area contributed by atoms with E-state index in [0.29, 0.717) is 34.5 Å². The molecule has 10 heteroatoms. The highest BCUT2D eigenvalue weighted by molar-refractivity contribution is 5.94. The number of carbonyl (C=O) groups is 4. The maximum Gasteiger partial charge on any atom is 0.411 e. The maximum atomic E-state index is 13.9. The van der Waals surface area contributed by atoms with Gasteiger partial charge in [-0.2, -0.15) is 0 Å². The first-order chi connectivity index (χ1) is 19.2. The van der Waals surface area contributed by atoms with Crippen molar-refractivity contribution in [2.75, 3.05) is 23.8 Å². The van der Waals surface area contributed by atoms with Gasteiger partial charge in [0.15, 0.2) is 0 Å². The molecule has 0 saturated carbocycles. The second-order valence-electron chi connectivity index (χ2n) is 9.42. The highest BCUT2D eigenvalue weighted by atomic mass is 16.5. The Hall–Kier alpha value is -4.86. The second-order valence-corrected chi connectivity index (χ2v) is 9.42. The average Bonchev–Trinajstić information content (AvgIpc) is 2.92. The Bertz CT molecular complexity index is 1420. The van der Waals surface area contributed by atoms with E-state index in [1.807, 2.05) is 25.1 Å². The van der Waals surface area contributed by atoms with Crippen LogP contribution >= 0.6 is 0 Å². The molecule has 3 aromatic rings. The van der Waals surface area contributed by atoms with Crippen LogP contribution in [0.15, 0.2) is 66.7 Å².